The van der Waals surface area contributed by atoms with Crippen molar-refractivity contribution in [2.45, 2.75) is 49.8 Å². The largest absolute Gasteiger partial charge is 0.491 e. The summed E-state index contributed by atoms with van der Waals surface area (Å²) < 4.78 is 47.0. The van der Waals surface area contributed by atoms with Crippen molar-refractivity contribution < 1.29 is 46.6 Å². The Bertz CT molecular complexity index is 1080. The van der Waals surface area contributed by atoms with Crippen molar-refractivity contribution in [2.24, 2.45) is 5.73 Å². The van der Waals surface area contributed by atoms with Crippen molar-refractivity contribution in [2.75, 3.05) is 32.0 Å². The van der Waals surface area contributed by atoms with Crippen molar-refractivity contribution in [3.8, 4) is 0 Å². The van der Waals surface area contributed by atoms with E-state index >= 15 is 0 Å². The number of likely N-dealkylation sites (tertiary alicyclic amines) is 2. The summed E-state index contributed by atoms with van der Waals surface area (Å²) in [6, 6.07) is -1.07. The first-order valence-corrected chi connectivity index (χ1v) is 12.7. The van der Waals surface area contributed by atoms with Gasteiger partial charge in [-0.3, -0.25) is 14.5 Å². The van der Waals surface area contributed by atoms with E-state index in [2.05, 4.69) is 4.74 Å². The summed E-state index contributed by atoms with van der Waals surface area (Å²) in [5, 5.41) is -0.696. The summed E-state index contributed by atoms with van der Waals surface area (Å²) in [4.78, 5) is 65.4. The number of hydrogen-bond donors (Lipinski definition) is 1. The van der Waals surface area contributed by atoms with Crippen LogP contribution in [0.4, 0.5) is 18.0 Å². The predicted molar refractivity (Wildman–Crippen MR) is 121 cm³/mol. The van der Waals surface area contributed by atoms with E-state index in [4.69, 9.17) is 10.5 Å². The Balaban J connectivity index is 1.53. The molecular formula is C22H25F3N4O7S. The van der Waals surface area contributed by atoms with Crippen LogP contribution in [0.1, 0.15) is 26.2 Å². The quantitative estimate of drug-likeness (QED) is 0.236. The Morgan fingerprint density at radius 2 is 1.84 bits per heavy atom. The van der Waals surface area contributed by atoms with Gasteiger partial charge in [0.15, 0.2) is 0 Å². The fourth-order valence-electron chi connectivity index (χ4n) is 4.73. The maximum Gasteiger partial charge on any atom is 0.491 e. The molecule has 3 saturated heterocycles. The molecule has 37 heavy (non-hydrogen) atoms. The molecule has 3 amide bonds. The number of allylic oxidation sites excluding steroid dienone is 1. The van der Waals surface area contributed by atoms with E-state index in [1.54, 1.807) is 16.7 Å². The minimum absolute atomic E-state index is 0.0709. The molecule has 0 aromatic heterocycles. The molecule has 3 fully saturated rings. The molecule has 0 aromatic rings. The van der Waals surface area contributed by atoms with Crippen LogP contribution in [0.5, 0.6) is 0 Å². The number of carbonyl (C=O) groups is 5. The van der Waals surface area contributed by atoms with Crippen LogP contribution < -0.4 is 5.73 Å². The van der Waals surface area contributed by atoms with E-state index < -0.39 is 47.2 Å². The van der Waals surface area contributed by atoms with Gasteiger partial charge in [-0.05, 0) is 37.8 Å². The minimum atomic E-state index is -5.40. The fourth-order valence-corrected chi connectivity index (χ4v) is 5.98. The van der Waals surface area contributed by atoms with Crippen LogP contribution >= 0.6 is 11.8 Å². The van der Waals surface area contributed by atoms with Crippen molar-refractivity contribution in [3.05, 3.63) is 22.9 Å². The molecule has 2 atom stereocenters. The van der Waals surface area contributed by atoms with Crippen molar-refractivity contribution in [1.29, 1.82) is 0 Å². The lowest BCUT2D eigenvalue weighted by Crippen LogP contribution is -2.68. The normalized spacial score (nSPS) is 25.9. The summed E-state index contributed by atoms with van der Waals surface area (Å²) in [5.74, 6) is -5.27. The molecular weight excluding hydrogens is 521 g/mol. The second-order valence-corrected chi connectivity index (χ2v) is 9.92. The number of halogens is 3. The van der Waals surface area contributed by atoms with Crippen LogP contribution in [0.25, 0.3) is 0 Å². The average Bonchev–Trinajstić information content (AvgIpc) is 3.22. The molecule has 0 unspecified atom stereocenters. The number of fused-ring (bicyclic) bond motifs is 1. The molecule has 202 valence electrons. The zero-order chi connectivity index (χ0) is 27.1. The number of piperidine rings is 1. The monoisotopic (exact) mass is 546 g/mol. The number of β-lactam (4-membered cyclic amide) rings is 1. The van der Waals surface area contributed by atoms with Gasteiger partial charge in [-0.25, -0.2) is 14.4 Å². The molecule has 0 saturated carbocycles. The zero-order valence-electron chi connectivity index (χ0n) is 19.8. The third kappa shape index (κ3) is 5.19. The lowest BCUT2D eigenvalue weighted by atomic mass is 10.0. The molecule has 0 aromatic carbocycles. The highest BCUT2D eigenvalue weighted by atomic mass is 32.2. The molecule has 4 aliphatic rings. The topological polar surface area (TPSA) is 140 Å². The Morgan fingerprint density at radius 1 is 1.16 bits per heavy atom. The number of ether oxygens (including phenoxy) is 2. The summed E-state index contributed by atoms with van der Waals surface area (Å²) in [6.07, 6.45) is -3.02. The number of alkyl halides is 3. The number of thioether (sulfide) groups is 1. The number of hydrogen-bond acceptors (Lipinski definition) is 9. The molecule has 0 radical (unpaired) electrons. The first-order chi connectivity index (χ1) is 17.4. The van der Waals surface area contributed by atoms with Gasteiger partial charge in [0.1, 0.15) is 17.1 Å². The van der Waals surface area contributed by atoms with Gasteiger partial charge >= 0.3 is 24.2 Å². The lowest BCUT2D eigenvalue weighted by Gasteiger charge is -2.48. The SMILES string of the molecule is CCOC(=O)N1CCC(N2CC/C(=C\C3=C(C(=O)OC(=O)C(F)(F)F)N4C(=O)[C@@H](N)[C@H]4SC3)C2=O)CC1. The van der Waals surface area contributed by atoms with E-state index in [0.717, 1.165) is 4.90 Å². The third-order valence-corrected chi connectivity index (χ3v) is 7.91. The standard InChI is InChI=1S/C22H25F3N4O7S/c1-2-35-21(34)27-6-4-13(5-7-27)28-8-3-11(16(28)30)9-12-10-37-18-14(26)17(31)29(18)15(12)19(32)36-20(33)22(23,24)25/h9,13-14,18H,2-8,10,26H2,1H3/b11-9+/t14-,18-/m1/s1. The summed E-state index contributed by atoms with van der Waals surface area (Å²) in [5.41, 5.74) is 5.64. The molecule has 4 heterocycles. The van der Waals surface area contributed by atoms with Gasteiger partial charge in [-0.15, -0.1) is 11.8 Å². The van der Waals surface area contributed by atoms with E-state index in [-0.39, 0.29) is 29.9 Å². The molecule has 0 aliphatic carbocycles. The van der Waals surface area contributed by atoms with Crippen LogP contribution in [-0.2, 0) is 28.7 Å². The third-order valence-electron chi connectivity index (χ3n) is 6.59. The summed E-state index contributed by atoms with van der Waals surface area (Å²) in [7, 11) is 0. The minimum Gasteiger partial charge on any atom is -0.450 e. The first-order valence-electron chi connectivity index (χ1n) is 11.6. The van der Waals surface area contributed by atoms with Crippen LogP contribution in [0.2, 0.25) is 0 Å². The van der Waals surface area contributed by atoms with Crippen molar-refractivity contribution in [1.82, 2.24) is 14.7 Å². The van der Waals surface area contributed by atoms with Crippen LogP contribution in [-0.4, -0.2) is 100 Å². The zero-order valence-corrected chi connectivity index (χ0v) is 20.6. The maximum atomic E-state index is 13.2. The molecule has 15 heteroatoms. The maximum absolute atomic E-state index is 13.2. The Kier molecular flexibility index (Phi) is 7.55. The van der Waals surface area contributed by atoms with Gasteiger partial charge in [0.05, 0.1) is 6.61 Å². The summed E-state index contributed by atoms with van der Waals surface area (Å²) >= 11 is 1.19. The number of amides is 3. The Labute approximate surface area is 213 Å². The first kappa shape index (κ1) is 27.0. The average molecular weight is 547 g/mol. The molecule has 4 rings (SSSR count). The highest BCUT2D eigenvalue weighted by Crippen LogP contribution is 2.41. The molecule has 0 spiro atoms. The van der Waals surface area contributed by atoms with Gasteiger partial charge in [0.2, 0.25) is 11.8 Å². The number of rotatable bonds is 4. The van der Waals surface area contributed by atoms with E-state index in [0.29, 0.717) is 44.5 Å². The second kappa shape index (κ2) is 10.4. The smallest absolute Gasteiger partial charge is 0.450 e. The van der Waals surface area contributed by atoms with Gasteiger partial charge in [-0.1, -0.05) is 0 Å². The molecule has 11 nitrogen and oxygen atoms in total. The molecule has 4 aliphatic heterocycles. The van der Waals surface area contributed by atoms with Crippen LogP contribution in [0.3, 0.4) is 0 Å². The van der Waals surface area contributed by atoms with E-state index in [1.165, 1.54) is 17.8 Å². The van der Waals surface area contributed by atoms with Crippen LogP contribution in [0.15, 0.2) is 22.9 Å². The van der Waals surface area contributed by atoms with Crippen molar-refractivity contribution in [3.63, 3.8) is 0 Å². The van der Waals surface area contributed by atoms with Crippen LogP contribution in [0, 0.1) is 0 Å². The molecule has 0 bridgehead atoms. The highest BCUT2D eigenvalue weighted by Gasteiger charge is 2.53. The van der Waals surface area contributed by atoms with Gasteiger partial charge < -0.3 is 25.0 Å². The highest BCUT2D eigenvalue weighted by molar-refractivity contribution is 8.00. The van der Waals surface area contributed by atoms with Gasteiger partial charge in [-0.2, -0.15) is 13.2 Å². The van der Waals surface area contributed by atoms with Gasteiger partial charge in [0, 0.05) is 37.0 Å². The fraction of sp³-hybridized carbons (Fsp3) is 0.591. The lowest BCUT2D eigenvalue weighted by molar-refractivity contribution is -0.201. The predicted octanol–water partition coefficient (Wildman–Crippen LogP) is 0.895. The van der Waals surface area contributed by atoms with Crippen molar-refractivity contribution >= 4 is 41.6 Å². The van der Waals surface area contributed by atoms with Gasteiger partial charge in [0.25, 0.3) is 0 Å². The number of nitrogens with zero attached hydrogens (tertiary/aromatic N) is 3. The van der Waals surface area contributed by atoms with E-state index in [9.17, 15) is 37.1 Å². The Morgan fingerprint density at radius 3 is 2.46 bits per heavy atom. The second-order valence-electron chi connectivity index (χ2n) is 8.82. The Hall–Kier alpha value is -3.07. The number of nitrogens with two attached hydrogens (primary N) is 1. The summed E-state index contributed by atoms with van der Waals surface area (Å²) in [6.45, 7) is 3.22. The number of esters is 2. The van der Waals surface area contributed by atoms with E-state index in [1.807, 2.05) is 0 Å². The molecule has 2 N–H and O–H groups in total. The number of carbonyl (C=O) groups excluding carboxylic acids is 5.